The van der Waals surface area contributed by atoms with Crippen molar-refractivity contribution in [1.82, 2.24) is 5.32 Å². The van der Waals surface area contributed by atoms with Crippen LogP contribution >= 0.6 is 0 Å². The number of hydrogen-bond acceptors (Lipinski definition) is 3. The Hall–Kier alpha value is -0.870. The Morgan fingerprint density at radius 3 is 2.80 bits per heavy atom. The van der Waals surface area contributed by atoms with Gasteiger partial charge in [0.2, 0.25) is 5.91 Å². The molecule has 0 saturated heterocycles. The molecule has 4 nitrogen and oxygen atoms in total. The number of hydrogen-bond donors (Lipinski definition) is 2. The van der Waals surface area contributed by atoms with Crippen LogP contribution in [0.4, 0.5) is 0 Å². The first-order valence-corrected chi connectivity index (χ1v) is 5.33. The van der Waals surface area contributed by atoms with E-state index in [0.29, 0.717) is 19.6 Å². The van der Waals surface area contributed by atoms with Gasteiger partial charge in [0, 0.05) is 13.2 Å². The highest BCUT2D eigenvalue weighted by Gasteiger charge is 2.09. The van der Waals surface area contributed by atoms with Crippen LogP contribution in [-0.2, 0) is 9.53 Å². The lowest BCUT2D eigenvalue weighted by molar-refractivity contribution is -0.122. The van der Waals surface area contributed by atoms with Gasteiger partial charge in [-0.3, -0.25) is 4.79 Å². The quantitative estimate of drug-likeness (QED) is 0.464. The Labute approximate surface area is 91.9 Å². The highest BCUT2D eigenvalue weighted by molar-refractivity contribution is 5.81. The van der Waals surface area contributed by atoms with Crippen molar-refractivity contribution in [1.29, 1.82) is 0 Å². The fourth-order valence-corrected chi connectivity index (χ4v) is 1.02. The third-order valence-electron chi connectivity index (χ3n) is 1.83. The molecule has 0 aromatic heterocycles. The molecule has 15 heavy (non-hydrogen) atoms. The molecule has 0 aliphatic rings. The number of carbonyl (C=O) groups is 1. The topological polar surface area (TPSA) is 64.4 Å². The van der Waals surface area contributed by atoms with Crippen LogP contribution in [0, 0.1) is 0 Å². The minimum Gasteiger partial charge on any atom is -0.379 e. The minimum absolute atomic E-state index is 0.126. The van der Waals surface area contributed by atoms with Crippen molar-refractivity contribution in [3.63, 3.8) is 0 Å². The summed E-state index contributed by atoms with van der Waals surface area (Å²) in [6.07, 6.45) is 3.20. The molecule has 0 radical (unpaired) electrons. The molecule has 0 aliphatic carbocycles. The van der Waals surface area contributed by atoms with Crippen LogP contribution in [-0.4, -0.2) is 31.2 Å². The zero-order chi connectivity index (χ0) is 11.7. The molecule has 1 amide bonds. The first-order chi connectivity index (χ1) is 7.07. The molecule has 0 aromatic carbocycles. The van der Waals surface area contributed by atoms with Crippen molar-refractivity contribution in [2.75, 3.05) is 13.2 Å². The van der Waals surface area contributed by atoms with Crippen LogP contribution in [0.5, 0.6) is 0 Å². The van der Waals surface area contributed by atoms with E-state index in [4.69, 9.17) is 10.5 Å². The molecule has 0 aliphatic heterocycles. The van der Waals surface area contributed by atoms with Gasteiger partial charge in [0.05, 0.1) is 12.1 Å². The molecule has 4 heteroatoms. The van der Waals surface area contributed by atoms with Crippen LogP contribution in [0.1, 0.15) is 26.7 Å². The average Bonchev–Trinajstić information content (AvgIpc) is 2.16. The maximum atomic E-state index is 11.3. The summed E-state index contributed by atoms with van der Waals surface area (Å²) < 4.78 is 5.33. The van der Waals surface area contributed by atoms with E-state index in [0.717, 1.165) is 6.42 Å². The first kappa shape index (κ1) is 14.1. The molecule has 0 heterocycles. The Bertz CT molecular complexity index is 193. The van der Waals surface area contributed by atoms with Gasteiger partial charge in [-0.05, 0) is 26.7 Å². The number of rotatable bonds is 8. The second-order valence-corrected chi connectivity index (χ2v) is 3.69. The Morgan fingerprint density at radius 2 is 2.27 bits per heavy atom. The smallest absolute Gasteiger partial charge is 0.237 e. The van der Waals surface area contributed by atoms with Crippen LogP contribution in [0.2, 0.25) is 0 Å². The summed E-state index contributed by atoms with van der Waals surface area (Å²) in [5.41, 5.74) is 5.58. The van der Waals surface area contributed by atoms with Gasteiger partial charge in [-0.15, -0.1) is 6.58 Å². The Morgan fingerprint density at radius 1 is 1.60 bits per heavy atom. The van der Waals surface area contributed by atoms with Crippen LogP contribution < -0.4 is 11.1 Å². The van der Waals surface area contributed by atoms with Crippen molar-refractivity contribution in [2.24, 2.45) is 5.73 Å². The SMILES string of the molecule is C=CCC(N)C(=O)NCCCOC(C)C. The summed E-state index contributed by atoms with van der Waals surface area (Å²) in [6, 6.07) is -0.478. The van der Waals surface area contributed by atoms with Gasteiger partial charge in [0.1, 0.15) is 0 Å². The zero-order valence-corrected chi connectivity index (χ0v) is 9.66. The molecule has 0 bridgehead atoms. The monoisotopic (exact) mass is 214 g/mol. The van der Waals surface area contributed by atoms with Crippen LogP contribution in [0.15, 0.2) is 12.7 Å². The average molecular weight is 214 g/mol. The van der Waals surface area contributed by atoms with Crippen molar-refractivity contribution in [3.8, 4) is 0 Å². The molecular formula is C11H22N2O2. The molecule has 0 aromatic rings. The lowest BCUT2D eigenvalue weighted by Crippen LogP contribution is -2.40. The lowest BCUT2D eigenvalue weighted by atomic mass is 10.2. The third kappa shape index (κ3) is 8.15. The molecule has 1 unspecified atom stereocenters. The van der Waals surface area contributed by atoms with Crippen LogP contribution in [0.3, 0.4) is 0 Å². The summed E-state index contributed by atoms with van der Waals surface area (Å²) in [6.45, 7) is 8.77. The van der Waals surface area contributed by atoms with Crippen molar-refractivity contribution < 1.29 is 9.53 Å². The van der Waals surface area contributed by atoms with Crippen LogP contribution in [0.25, 0.3) is 0 Å². The summed E-state index contributed by atoms with van der Waals surface area (Å²) in [4.78, 5) is 11.3. The summed E-state index contributed by atoms with van der Waals surface area (Å²) in [5.74, 6) is -0.126. The second kappa shape index (κ2) is 8.44. The van der Waals surface area contributed by atoms with E-state index in [1.807, 2.05) is 13.8 Å². The zero-order valence-electron chi connectivity index (χ0n) is 9.66. The summed E-state index contributed by atoms with van der Waals surface area (Å²) in [7, 11) is 0. The van der Waals surface area contributed by atoms with Crippen molar-refractivity contribution >= 4 is 5.91 Å². The molecule has 0 fully saturated rings. The first-order valence-electron chi connectivity index (χ1n) is 5.33. The summed E-state index contributed by atoms with van der Waals surface area (Å²) in [5, 5.41) is 2.75. The highest BCUT2D eigenvalue weighted by atomic mass is 16.5. The van der Waals surface area contributed by atoms with Crippen molar-refractivity contribution in [2.45, 2.75) is 38.8 Å². The largest absolute Gasteiger partial charge is 0.379 e. The van der Waals surface area contributed by atoms with Gasteiger partial charge in [-0.25, -0.2) is 0 Å². The van der Waals surface area contributed by atoms with Gasteiger partial charge in [0.25, 0.3) is 0 Å². The maximum absolute atomic E-state index is 11.3. The predicted molar refractivity (Wildman–Crippen MR) is 61.5 cm³/mol. The van der Waals surface area contributed by atoms with Gasteiger partial charge >= 0.3 is 0 Å². The second-order valence-electron chi connectivity index (χ2n) is 3.69. The normalized spacial score (nSPS) is 12.5. The third-order valence-corrected chi connectivity index (χ3v) is 1.83. The van der Waals surface area contributed by atoms with Gasteiger partial charge in [0.15, 0.2) is 0 Å². The van der Waals surface area contributed by atoms with Crippen molar-refractivity contribution in [3.05, 3.63) is 12.7 Å². The van der Waals surface area contributed by atoms with E-state index in [2.05, 4.69) is 11.9 Å². The number of ether oxygens (including phenoxy) is 1. The maximum Gasteiger partial charge on any atom is 0.237 e. The Kier molecular flexibility index (Phi) is 7.95. The fraction of sp³-hybridized carbons (Fsp3) is 0.727. The van der Waals surface area contributed by atoms with E-state index >= 15 is 0 Å². The summed E-state index contributed by atoms with van der Waals surface area (Å²) >= 11 is 0. The fourth-order valence-electron chi connectivity index (χ4n) is 1.02. The molecule has 0 rings (SSSR count). The Balaban J connectivity index is 3.42. The van der Waals surface area contributed by atoms with E-state index in [1.54, 1.807) is 6.08 Å². The van der Waals surface area contributed by atoms with E-state index in [-0.39, 0.29) is 12.0 Å². The van der Waals surface area contributed by atoms with E-state index in [1.165, 1.54) is 0 Å². The molecular weight excluding hydrogens is 192 g/mol. The minimum atomic E-state index is -0.478. The molecule has 0 spiro atoms. The number of amides is 1. The number of carbonyl (C=O) groups excluding carboxylic acids is 1. The van der Waals surface area contributed by atoms with E-state index < -0.39 is 6.04 Å². The predicted octanol–water partition coefficient (Wildman–Crippen LogP) is 0.821. The molecule has 3 N–H and O–H groups in total. The lowest BCUT2D eigenvalue weighted by Gasteiger charge is -2.11. The molecule has 88 valence electrons. The number of nitrogens with two attached hydrogens (primary N) is 1. The van der Waals surface area contributed by atoms with Gasteiger partial charge in [-0.2, -0.15) is 0 Å². The number of nitrogens with one attached hydrogen (secondary N) is 1. The standard InChI is InChI=1S/C11H22N2O2/c1-4-6-10(12)11(14)13-7-5-8-15-9(2)3/h4,9-10H,1,5-8,12H2,2-3H3,(H,13,14). The van der Waals surface area contributed by atoms with Gasteiger partial charge in [-0.1, -0.05) is 6.08 Å². The van der Waals surface area contributed by atoms with E-state index in [9.17, 15) is 4.79 Å². The molecule has 1 atom stereocenters. The highest BCUT2D eigenvalue weighted by Crippen LogP contribution is 1.91. The van der Waals surface area contributed by atoms with Gasteiger partial charge < -0.3 is 15.8 Å². The molecule has 0 saturated carbocycles.